The first kappa shape index (κ1) is 19.8. The van der Waals surface area contributed by atoms with Gasteiger partial charge in [0, 0.05) is 11.3 Å². The van der Waals surface area contributed by atoms with Crippen molar-refractivity contribution in [3.05, 3.63) is 59.2 Å². The summed E-state index contributed by atoms with van der Waals surface area (Å²) in [5, 5.41) is 14.9. The first-order chi connectivity index (χ1) is 13.3. The average Bonchev–Trinajstić information content (AvgIpc) is 3.11. The monoisotopic (exact) mass is 395 g/mol. The van der Waals surface area contributed by atoms with Crippen molar-refractivity contribution in [1.29, 1.82) is 0 Å². The molecule has 0 bridgehead atoms. The highest BCUT2D eigenvalue weighted by Crippen LogP contribution is 2.25. The highest BCUT2D eigenvalue weighted by atomic mass is 32.2. The van der Waals surface area contributed by atoms with Crippen LogP contribution < -0.4 is 5.32 Å². The van der Waals surface area contributed by atoms with E-state index in [-0.39, 0.29) is 11.7 Å². The Morgan fingerprint density at radius 3 is 2.68 bits per heavy atom. The number of aryl methyl sites for hydroxylation is 2. The van der Waals surface area contributed by atoms with Crippen LogP contribution in [0.4, 0.5) is 5.69 Å². The van der Waals surface area contributed by atoms with E-state index in [1.165, 1.54) is 18.7 Å². The number of nitrogens with one attached hydrogen (secondary N) is 1. The van der Waals surface area contributed by atoms with Crippen molar-refractivity contribution < 1.29 is 9.59 Å². The topological polar surface area (TPSA) is 89.8 Å². The number of thioether (sulfide) groups is 1. The maximum absolute atomic E-state index is 12.6. The third kappa shape index (κ3) is 4.45. The lowest BCUT2D eigenvalue weighted by Gasteiger charge is -2.13. The maximum Gasteiger partial charge on any atom is 0.237 e. The normalized spacial score (nSPS) is 11.9. The molecule has 7 nitrogen and oxygen atoms in total. The molecule has 1 aromatic heterocycles. The van der Waals surface area contributed by atoms with Gasteiger partial charge in [0.15, 0.2) is 5.78 Å². The fourth-order valence-electron chi connectivity index (χ4n) is 2.62. The van der Waals surface area contributed by atoms with E-state index in [1.807, 2.05) is 32.0 Å². The van der Waals surface area contributed by atoms with E-state index in [0.29, 0.717) is 16.4 Å². The van der Waals surface area contributed by atoms with Gasteiger partial charge in [-0.1, -0.05) is 36.0 Å². The number of Topliss-reactive ketones (excluding diaryl/α,β-unsaturated/α-hetero) is 1. The first-order valence-corrected chi connectivity index (χ1v) is 9.67. The van der Waals surface area contributed by atoms with E-state index in [2.05, 4.69) is 20.8 Å². The number of carbonyl (C=O) groups excluding carboxylic acids is 2. The summed E-state index contributed by atoms with van der Waals surface area (Å²) < 4.78 is 1.65. The smallest absolute Gasteiger partial charge is 0.237 e. The second-order valence-electron chi connectivity index (χ2n) is 6.55. The molecule has 1 amide bonds. The summed E-state index contributed by atoms with van der Waals surface area (Å²) in [6, 6.07) is 12.9. The van der Waals surface area contributed by atoms with E-state index in [0.717, 1.165) is 16.8 Å². The fraction of sp³-hybridized carbons (Fsp3) is 0.250. The van der Waals surface area contributed by atoms with E-state index >= 15 is 0 Å². The Balaban J connectivity index is 1.75. The summed E-state index contributed by atoms with van der Waals surface area (Å²) >= 11 is 1.27. The number of nitrogens with zero attached hydrogens (tertiary/aromatic N) is 4. The molecule has 3 rings (SSSR count). The lowest BCUT2D eigenvalue weighted by Crippen LogP contribution is -2.23. The lowest BCUT2D eigenvalue weighted by molar-refractivity contribution is -0.115. The highest BCUT2D eigenvalue weighted by Gasteiger charge is 2.20. The number of tetrazole rings is 1. The quantitative estimate of drug-likeness (QED) is 0.507. The predicted molar refractivity (Wildman–Crippen MR) is 109 cm³/mol. The molecule has 1 unspecified atom stereocenters. The minimum atomic E-state index is -0.434. The number of benzene rings is 2. The summed E-state index contributed by atoms with van der Waals surface area (Å²) in [4.78, 5) is 24.1. The molecular formula is C20H21N5O2S. The fourth-order valence-corrected chi connectivity index (χ4v) is 3.42. The van der Waals surface area contributed by atoms with Crippen molar-refractivity contribution >= 4 is 29.1 Å². The van der Waals surface area contributed by atoms with Crippen LogP contribution in [0.15, 0.2) is 47.6 Å². The van der Waals surface area contributed by atoms with Gasteiger partial charge in [0.1, 0.15) is 0 Å². The second kappa shape index (κ2) is 8.35. The van der Waals surface area contributed by atoms with Crippen molar-refractivity contribution in [2.75, 3.05) is 5.32 Å². The van der Waals surface area contributed by atoms with Crippen LogP contribution in [-0.4, -0.2) is 37.1 Å². The molecule has 3 aromatic rings. The Kier molecular flexibility index (Phi) is 5.89. The third-order valence-electron chi connectivity index (χ3n) is 4.22. The number of hydrogen-bond acceptors (Lipinski definition) is 6. The van der Waals surface area contributed by atoms with Gasteiger partial charge >= 0.3 is 0 Å². The van der Waals surface area contributed by atoms with E-state index in [1.54, 1.807) is 35.9 Å². The van der Waals surface area contributed by atoms with Crippen LogP contribution in [0.3, 0.4) is 0 Å². The number of ketones is 1. The van der Waals surface area contributed by atoms with Gasteiger partial charge in [-0.05, 0) is 67.4 Å². The summed E-state index contributed by atoms with van der Waals surface area (Å²) in [5.74, 6) is -0.243. The van der Waals surface area contributed by atoms with Crippen LogP contribution in [0.2, 0.25) is 0 Å². The van der Waals surface area contributed by atoms with Gasteiger partial charge in [0.05, 0.1) is 10.9 Å². The largest absolute Gasteiger partial charge is 0.325 e. The zero-order valence-corrected chi connectivity index (χ0v) is 16.9. The molecule has 1 N–H and O–H groups in total. The summed E-state index contributed by atoms with van der Waals surface area (Å²) in [6.45, 7) is 7.28. The number of anilines is 1. The van der Waals surface area contributed by atoms with Gasteiger partial charge < -0.3 is 5.32 Å². The molecule has 0 spiro atoms. The summed E-state index contributed by atoms with van der Waals surface area (Å²) in [5.41, 5.74) is 4.16. The standard InChI is InChI=1S/C20H21N5O2S/c1-12-8-9-13(2)18(10-12)25-20(22-23-24-25)28-15(4)19(27)21-17-7-5-6-16(11-17)14(3)26/h5-11,15H,1-4H3,(H,21,27). The van der Waals surface area contributed by atoms with Crippen LogP contribution >= 0.6 is 11.8 Å². The molecule has 1 heterocycles. The number of aromatic nitrogens is 4. The highest BCUT2D eigenvalue weighted by molar-refractivity contribution is 8.00. The zero-order chi connectivity index (χ0) is 20.3. The first-order valence-electron chi connectivity index (χ1n) is 8.79. The van der Waals surface area contributed by atoms with Gasteiger partial charge in [-0.25, -0.2) is 0 Å². The number of amides is 1. The molecule has 8 heteroatoms. The number of carbonyl (C=O) groups is 2. The zero-order valence-electron chi connectivity index (χ0n) is 16.1. The Morgan fingerprint density at radius 2 is 1.93 bits per heavy atom. The van der Waals surface area contributed by atoms with Gasteiger partial charge in [-0.2, -0.15) is 4.68 Å². The number of hydrogen-bond donors (Lipinski definition) is 1. The van der Waals surface area contributed by atoms with Gasteiger partial charge in [0.2, 0.25) is 11.1 Å². The molecule has 0 fully saturated rings. The maximum atomic E-state index is 12.6. The van der Waals surface area contributed by atoms with Gasteiger partial charge in [0.25, 0.3) is 0 Å². The van der Waals surface area contributed by atoms with Crippen molar-refractivity contribution in [1.82, 2.24) is 20.2 Å². The SMILES string of the molecule is CC(=O)c1cccc(NC(=O)C(C)Sc2nnnn2-c2cc(C)ccc2C)c1. The van der Waals surface area contributed by atoms with Crippen molar-refractivity contribution in [3.63, 3.8) is 0 Å². The minimum absolute atomic E-state index is 0.0498. The van der Waals surface area contributed by atoms with Crippen molar-refractivity contribution in [2.24, 2.45) is 0 Å². The van der Waals surface area contributed by atoms with Crippen LogP contribution in [0.25, 0.3) is 5.69 Å². The van der Waals surface area contributed by atoms with Crippen LogP contribution in [0.5, 0.6) is 0 Å². The summed E-state index contributed by atoms with van der Waals surface area (Å²) in [7, 11) is 0. The molecular weight excluding hydrogens is 374 g/mol. The van der Waals surface area contributed by atoms with E-state index in [4.69, 9.17) is 0 Å². The molecule has 0 aliphatic heterocycles. The minimum Gasteiger partial charge on any atom is -0.325 e. The van der Waals surface area contributed by atoms with Crippen molar-refractivity contribution in [2.45, 2.75) is 38.1 Å². The second-order valence-corrected chi connectivity index (χ2v) is 7.86. The Bertz CT molecular complexity index is 1030. The molecule has 0 aliphatic carbocycles. The molecule has 0 saturated carbocycles. The average molecular weight is 395 g/mol. The van der Waals surface area contributed by atoms with Gasteiger partial charge in [-0.3, -0.25) is 9.59 Å². The molecule has 1 atom stereocenters. The molecule has 0 saturated heterocycles. The Labute approximate surface area is 167 Å². The van der Waals surface area contributed by atoms with E-state index < -0.39 is 5.25 Å². The van der Waals surface area contributed by atoms with Crippen LogP contribution in [0.1, 0.15) is 35.3 Å². The van der Waals surface area contributed by atoms with Crippen molar-refractivity contribution in [3.8, 4) is 5.69 Å². The Hall–Kier alpha value is -3.00. The third-order valence-corrected chi connectivity index (χ3v) is 5.25. The molecule has 2 aromatic carbocycles. The van der Waals surface area contributed by atoms with Gasteiger partial charge in [-0.15, -0.1) is 5.10 Å². The number of rotatable bonds is 6. The predicted octanol–water partition coefficient (Wildman–Crippen LogP) is 3.60. The Morgan fingerprint density at radius 1 is 1.14 bits per heavy atom. The summed E-state index contributed by atoms with van der Waals surface area (Å²) in [6.07, 6.45) is 0. The van der Waals surface area contributed by atoms with Crippen LogP contribution in [0, 0.1) is 13.8 Å². The molecule has 144 valence electrons. The molecule has 0 radical (unpaired) electrons. The lowest BCUT2D eigenvalue weighted by atomic mass is 10.1. The molecule has 28 heavy (non-hydrogen) atoms. The van der Waals surface area contributed by atoms with E-state index in [9.17, 15) is 9.59 Å². The molecule has 0 aliphatic rings. The van der Waals surface area contributed by atoms with Crippen LogP contribution in [-0.2, 0) is 4.79 Å².